The second-order valence-electron chi connectivity index (χ2n) is 4.68. The zero-order chi connectivity index (χ0) is 15.9. The van der Waals surface area contributed by atoms with Gasteiger partial charge in [-0.15, -0.1) is 0 Å². The van der Waals surface area contributed by atoms with Gasteiger partial charge in [0.2, 0.25) is 11.2 Å². The summed E-state index contributed by atoms with van der Waals surface area (Å²) < 4.78 is 10.6. The Balaban J connectivity index is 2.38. The lowest BCUT2D eigenvalue weighted by Gasteiger charge is -2.08. The Hall–Kier alpha value is -3.15. The predicted octanol–water partition coefficient (Wildman–Crippen LogP) is 2.59. The van der Waals surface area contributed by atoms with Crippen LogP contribution in [0.4, 0.5) is 0 Å². The van der Waals surface area contributed by atoms with Crippen LogP contribution in [0.5, 0.6) is 23.0 Å². The Morgan fingerprint density at radius 3 is 2.55 bits per heavy atom. The summed E-state index contributed by atoms with van der Waals surface area (Å²) >= 11 is 0. The van der Waals surface area contributed by atoms with Crippen LogP contribution in [0.1, 0.15) is 0 Å². The second-order valence-corrected chi connectivity index (χ2v) is 4.68. The van der Waals surface area contributed by atoms with Gasteiger partial charge in [0.25, 0.3) is 0 Å². The van der Waals surface area contributed by atoms with Gasteiger partial charge in [-0.25, -0.2) is 0 Å². The van der Waals surface area contributed by atoms with Gasteiger partial charge in [-0.3, -0.25) is 4.79 Å². The van der Waals surface area contributed by atoms with Crippen LogP contribution >= 0.6 is 0 Å². The van der Waals surface area contributed by atoms with Gasteiger partial charge < -0.3 is 24.5 Å². The largest absolute Gasteiger partial charge is 0.508 e. The van der Waals surface area contributed by atoms with Crippen LogP contribution in [-0.4, -0.2) is 22.4 Å². The summed E-state index contributed by atoms with van der Waals surface area (Å²) in [5, 5.41) is 29.3. The Labute approximate surface area is 124 Å². The molecule has 0 bridgehead atoms. The van der Waals surface area contributed by atoms with Crippen molar-refractivity contribution in [1.82, 2.24) is 0 Å². The van der Waals surface area contributed by atoms with Gasteiger partial charge in [0.1, 0.15) is 28.2 Å². The van der Waals surface area contributed by atoms with Crippen molar-refractivity contribution < 1.29 is 24.5 Å². The van der Waals surface area contributed by atoms with Gasteiger partial charge in [0.15, 0.2) is 5.76 Å². The van der Waals surface area contributed by atoms with Crippen molar-refractivity contribution in [3.8, 4) is 34.3 Å². The van der Waals surface area contributed by atoms with Crippen molar-refractivity contribution in [2.45, 2.75) is 0 Å². The molecule has 3 N–H and O–H groups in total. The molecule has 0 unspecified atom stereocenters. The number of benzene rings is 2. The molecule has 0 radical (unpaired) electrons. The number of methoxy groups -OCH3 is 1. The SMILES string of the molecule is COc1cc(O)c2c(=O)c(O)c(-c3cccc(O)c3)oc2c1. The molecule has 3 rings (SSSR count). The smallest absolute Gasteiger partial charge is 0.238 e. The highest BCUT2D eigenvalue weighted by Gasteiger charge is 2.19. The molecular weight excluding hydrogens is 288 g/mol. The van der Waals surface area contributed by atoms with Crippen molar-refractivity contribution in [3.05, 3.63) is 46.6 Å². The molecule has 2 aromatic carbocycles. The average molecular weight is 300 g/mol. The van der Waals surface area contributed by atoms with Gasteiger partial charge in [-0.2, -0.15) is 0 Å². The predicted molar refractivity (Wildman–Crippen MR) is 79.5 cm³/mol. The highest BCUT2D eigenvalue weighted by atomic mass is 16.5. The molecule has 0 aliphatic carbocycles. The number of phenolic OH excluding ortho intramolecular Hbond substituents is 2. The van der Waals surface area contributed by atoms with Gasteiger partial charge in [-0.05, 0) is 12.1 Å². The maximum atomic E-state index is 12.3. The Bertz CT molecular complexity index is 926. The number of fused-ring (bicyclic) bond motifs is 1. The van der Waals surface area contributed by atoms with Crippen LogP contribution in [-0.2, 0) is 0 Å². The maximum Gasteiger partial charge on any atom is 0.238 e. The first-order chi connectivity index (χ1) is 10.5. The van der Waals surface area contributed by atoms with E-state index in [-0.39, 0.29) is 28.2 Å². The molecular formula is C16H12O6. The normalized spacial score (nSPS) is 10.8. The summed E-state index contributed by atoms with van der Waals surface area (Å²) in [7, 11) is 1.41. The first-order valence-electron chi connectivity index (χ1n) is 6.37. The van der Waals surface area contributed by atoms with E-state index in [1.807, 2.05) is 0 Å². The molecule has 0 fully saturated rings. The summed E-state index contributed by atoms with van der Waals surface area (Å²) in [4.78, 5) is 12.3. The molecule has 0 saturated carbocycles. The van der Waals surface area contributed by atoms with Gasteiger partial charge >= 0.3 is 0 Å². The van der Waals surface area contributed by atoms with E-state index in [2.05, 4.69) is 0 Å². The van der Waals surface area contributed by atoms with Crippen molar-refractivity contribution in [2.75, 3.05) is 7.11 Å². The highest BCUT2D eigenvalue weighted by molar-refractivity contribution is 5.88. The van der Waals surface area contributed by atoms with E-state index >= 15 is 0 Å². The fourth-order valence-electron chi connectivity index (χ4n) is 2.23. The molecule has 3 aromatic rings. The number of hydrogen-bond donors (Lipinski definition) is 3. The van der Waals surface area contributed by atoms with Gasteiger partial charge in [0.05, 0.1) is 7.11 Å². The zero-order valence-electron chi connectivity index (χ0n) is 11.5. The molecule has 6 heteroatoms. The molecule has 0 atom stereocenters. The third-order valence-electron chi connectivity index (χ3n) is 3.27. The van der Waals surface area contributed by atoms with Crippen molar-refractivity contribution in [2.24, 2.45) is 0 Å². The monoisotopic (exact) mass is 300 g/mol. The topological polar surface area (TPSA) is 100 Å². The average Bonchev–Trinajstić information content (AvgIpc) is 2.50. The van der Waals surface area contributed by atoms with Crippen LogP contribution in [0, 0.1) is 0 Å². The molecule has 0 saturated heterocycles. The number of ether oxygens (including phenoxy) is 1. The van der Waals surface area contributed by atoms with Gasteiger partial charge in [-0.1, -0.05) is 12.1 Å². The molecule has 1 aromatic heterocycles. The van der Waals surface area contributed by atoms with E-state index in [0.717, 1.165) is 0 Å². The summed E-state index contributed by atoms with van der Waals surface area (Å²) in [5.74, 6) is -0.811. The Kier molecular flexibility index (Phi) is 3.14. The molecule has 0 spiro atoms. The van der Waals surface area contributed by atoms with E-state index in [9.17, 15) is 20.1 Å². The van der Waals surface area contributed by atoms with Crippen LogP contribution < -0.4 is 10.2 Å². The molecule has 112 valence electrons. The molecule has 1 heterocycles. The summed E-state index contributed by atoms with van der Waals surface area (Å²) in [6.45, 7) is 0. The van der Waals surface area contributed by atoms with Crippen LogP contribution in [0.15, 0.2) is 45.6 Å². The lowest BCUT2D eigenvalue weighted by molar-refractivity contribution is 0.406. The van der Waals surface area contributed by atoms with Gasteiger partial charge in [0, 0.05) is 17.7 Å². The van der Waals surface area contributed by atoms with Crippen LogP contribution in [0.25, 0.3) is 22.3 Å². The molecule has 22 heavy (non-hydrogen) atoms. The zero-order valence-corrected chi connectivity index (χ0v) is 11.5. The molecule has 0 amide bonds. The van der Waals surface area contributed by atoms with Crippen molar-refractivity contribution in [3.63, 3.8) is 0 Å². The third-order valence-corrected chi connectivity index (χ3v) is 3.27. The Morgan fingerprint density at radius 1 is 1.09 bits per heavy atom. The van der Waals surface area contributed by atoms with Crippen LogP contribution in [0.3, 0.4) is 0 Å². The fraction of sp³-hybridized carbons (Fsp3) is 0.0625. The minimum atomic E-state index is -0.764. The molecule has 6 nitrogen and oxygen atoms in total. The van der Waals surface area contributed by atoms with E-state index in [0.29, 0.717) is 11.3 Å². The fourth-order valence-corrected chi connectivity index (χ4v) is 2.23. The number of phenols is 2. The molecule has 0 aliphatic heterocycles. The summed E-state index contributed by atoms with van der Waals surface area (Å²) in [6, 6.07) is 8.62. The Morgan fingerprint density at radius 2 is 1.86 bits per heavy atom. The lowest BCUT2D eigenvalue weighted by Crippen LogP contribution is -2.03. The quantitative estimate of drug-likeness (QED) is 0.672. The number of rotatable bonds is 2. The minimum Gasteiger partial charge on any atom is -0.508 e. The first-order valence-corrected chi connectivity index (χ1v) is 6.37. The van der Waals surface area contributed by atoms with Crippen LogP contribution in [0.2, 0.25) is 0 Å². The van der Waals surface area contributed by atoms with E-state index in [1.54, 1.807) is 12.1 Å². The minimum absolute atomic E-state index is 0.0341. The summed E-state index contributed by atoms with van der Waals surface area (Å²) in [6.07, 6.45) is 0. The number of hydrogen-bond acceptors (Lipinski definition) is 6. The van der Waals surface area contributed by atoms with Crippen molar-refractivity contribution >= 4 is 11.0 Å². The maximum absolute atomic E-state index is 12.3. The van der Waals surface area contributed by atoms with E-state index in [1.165, 1.54) is 31.4 Å². The molecule has 0 aliphatic rings. The highest BCUT2D eigenvalue weighted by Crippen LogP contribution is 2.35. The first kappa shape index (κ1) is 13.8. The summed E-state index contributed by atoms with van der Waals surface area (Å²) in [5.41, 5.74) is -0.364. The van der Waals surface area contributed by atoms with Crippen molar-refractivity contribution in [1.29, 1.82) is 0 Å². The lowest BCUT2D eigenvalue weighted by atomic mass is 10.1. The standard InChI is InChI=1S/C16H12O6/c1-21-10-6-11(18)13-12(7-10)22-16(15(20)14(13)19)8-3-2-4-9(17)5-8/h2-7,17-18,20H,1H3. The van der Waals surface area contributed by atoms with E-state index in [4.69, 9.17) is 9.15 Å². The second kappa shape index (κ2) is 5.00. The number of aromatic hydroxyl groups is 3. The third kappa shape index (κ3) is 2.10. The van der Waals surface area contributed by atoms with E-state index < -0.39 is 11.2 Å².